The molecule has 0 aliphatic heterocycles. The van der Waals surface area contributed by atoms with Gasteiger partial charge in [0.15, 0.2) is 5.69 Å². The summed E-state index contributed by atoms with van der Waals surface area (Å²) in [6.45, 7) is 1.17. The van der Waals surface area contributed by atoms with Gasteiger partial charge in [0.25, 0.3) is 5.89 Å². The van der Waals surface area contributed by atoms with Crippen molar-refractivity contribution in [1.82, 2.24) is 30.7 Å². The van der Waals surface area contributed by atoms with Crippen molar-refractivity contribution in [3.05, 3.63) is 17.8 Å². The fourth-order valence-electron chi connectivity index (χ4n) is 3.62. The summed E-state index contributed by atoms with van der Waals surface area (Å²) in [7, 11) is 0. The molecule has 1 aliphatic rings. The van der Waals surface area contributed by atoms with E-state index in [1.807, 2.05) is 0 Å². The van der Waals surface area contributed by atoms with Crippen molar-refractivity contribution >= 4 is 18.3 Å². The van der Waals surface area contributed by atoms with Gasteiger partial charge >= 0.3 is 6.18 Å². The number of hydrogen-bond acceptors (Lipinski definition) is 9. The van der Waals surface area contributed by atoms with E-state index in [0.29, 0.717) is 11.5 Å². The lowest BCUT2D eigenvalue weighted by atomic mass is 9.92. The second-order valence-corrected chi connectivity index (χ2v) is 7.50. The second kappa shape index (κ2) is 9.89. The van der Waals surface area contributed by atoms with Gasteiger partial charge in [-0.2, -0.15) is 13.2 Å². The Kier molecular flexibility index (Phi) is 7.22. The van der Waals surface area contributed by atoms with Gasteiger partial charge in [-0.05, 0) is 12.3 Å². The summed E-state index contributed by atoms with van der Waals surface area (Å²) in [6, 6.07) is 0. The molecule has 0 aromatic carbocycles. The molecule has 2 aromatic heterocycles. The maximum Gasteiger partial charge on any atom is 0.434 e. The Bertz CT molecular complexity index is 947. The van der Waals surface area contributed by atoms with Crippen LogP contribution in [0.4, 0.5) is 19.1 Å². The Morgan fingerprint density at radius 2 is 2.09 bits per heavy atom. The highest BCUT2D eigenvalue weighted by Crippen LogP contribution is 2.35. The third-order valence-corrected chi connectivity index (χ3v) is 5.10. The molecule has 0 radical (unpaired) electrons. The molecule has 11 nitrogen and oxygen atoms in total. The number of halogens is 3. The number of hydroxylamine groups is 2. The minimum absolute atomic E-state index is 0.0733. The third-order valence-electron chi connectivity index (χ3n) is 5.10. The van der Waals surface area contributed by atoms with Gasteiger partial charge in [0, 0.05) is 13.1 Å². The Morgan fingerprint density at radius 1 is 1.38 bits per heavy atom. The van der Waals surface area contributed by atoms with E-state index in [1.165, 1.54) is 6.92 Å². The molecule has 174 valence electrons. The molecule has 1 aliphatic carbocycles. The van der Waals surface area contributed by atoms with E-state index in [9.17, 15) is 28.0 Å². The molecule has 0 unspecified atom stereocenters. The minimum Gasteiger partial charge on any atom is -0.421 e. The number of aromatic nitrogens is 4. The molecule has 0 bridgehead atoms. The van der Waals surface area contributed by atoms with E-state index in [2.05, 4.69) is 31.0 Å². The summed E-state index contributed by atoms with van der Waals surface area (Å²) in [5, 5.41) is 16.9. The maximum atomic E-state index is 13.5. The van der Waals surface area contributed by atoms with Crippen LogP contribution >= 0.6 is 0 Å². The summed E-state index contributed by atoms with van der Waals surface area (Å²) in [6.07, 6.45) is 0.530. The van der Waals surface area contributed by atoms with Crippen LogP contribution in [0, 0.1) is 18.8 Å². The zero-order valence-electron chi connectivity index (χ0n) is 17.1. The van der Waals surface area contributed by atoms with E-state index >= 15 is 0 Å². The molecular weight excluding hydrogens is 435 g/mol. The van der Waals surface area contributed by atoms with Gasteiger partial charge < -0.3 is 4.42 Å². The number of alkyl halides is 3. The number of amides is 2. The Morgan fingerprint density at radius 3 is 2.69 bits per heavy atom. The summed E-state index contributed by atoms with van der Waals surface area (Å²) >= 11 is 0. The van der Waals surface area contributed by atoms with Crippen LogP contribution in [0.2, 0.25) is 0 Å². The quantitative estimate of drug-likeness (QED) is 0.293. The third kappa shape index (κ3) is 5.90. The van der Waals surface area contributed by atoms with Gasteiger partial charge in [-0.25, -0.2) is 15.0 Å². The zero-order chi connectivity index (χ0) is 23.3. The van der Waals surface area contributed by atoms with Crippen molar-refractivity contribution in [2.24, 2.45) is 11.8 Å². The number of nitrogens with zero attached hydrogens (tertiary/aromatic N) is 5. The van der Waals surface area contributed by atoms with Crippen LogP contribution in [0.5, 0.6) is 0 Å². The van der Waals surface area contributed by atoms with Gasteiger partial charge in [0.1, 0.15) is 0 Å². The Hall–Kier alpha value is -3.29. The number of aryl methyl sites for hydroxylation is 1. The van der Waals surface area contributed by atoms with Crippen LogP contribution in [0.15, 0.2) is 10.6 Å². The minimum atomic E-state index is -4.85. The van der Waals surface area contributed by atoms with E-state index < -0.39 is 35.2 Å². The van der Waals surface area contributed by atoms with Gasteiger partial charge in [-0.15, -0.1) is 10.2 Å². The van der Waals surface area contributed by atoms with Crippen molar-refractivity contribution in [2.75, 3.05) is 12.0 Å². The van der Waals surface area contributed by atoms with Gasteiger partial charge in [-0.1, -0.05) is 25.7 Å². The molecule has 0 saturated heterocycles. The standard InChI is InChI=1S/C18H22F3N7O4/c1-10-24-26-16(32-10)13-7-22-17(23-14(13)18(19,20)21)27-25-15(30)12(8-28(31)9-29)6-11-4-2-3-5-11/h7,9,11-12,31H,2-6,8H2,1H3,(H,25,30)(H,22,23,27)/t12-/m0/s1. The van der Waals surface area contributed by atoms with Crippen molar-refractivity contribution in [3.63, 3.8) is 0 Å². The Labute approximate surface area is 180 Å². The van der Waals surface area contributed by atoms with Crippen molar-refractivity contribution in [2.45, 2.75) is 45.2 Å². The van der Waals surface area contributed by atoms with E-state index in [1.54, 1.807) is 0 Å². The van der Waals surface area contributed by atoms with Crippen LogP contribution in [0.25, 0.3) is 11.5 Å². The molecule has 2 amide bonds. The molecule has 3 N–H and O–H groups in total. The number of hydrazine groups is 1. The number of hydrogen-bond donors (Lipinski definition) is 3. The van der Waals surface area contributed by atoms with Crippen LogP contribution in [-0.4, -0.2) is 49.3 Å². The van der Waals surface area contributed by atoms with E-state index in [-0.39, 0.29) is 30.7 Å². The maximum absolute atomic E-state index is 13.5. The molecule has 2 aromatic rings. The first-order valence-electron chi connectivity index (χ1n) is 9.88. The van der Waals surface area contributed by atoms with Crippen LogP contribution in [0.1, 0.15) is 43.7 Å². The van der Waals surface area contributed by atoms with E-state index in [0.717, 1.165) is 31.9 Å². The predicted molar refractivity (Wildman–Crippen MR) is 101 cm³/mol. The summed E-state index contributed by atoms with van der Waals surface area (Å²) in [5.41, 5.74) is 2.69. The average molecular weight is 457 g/mol. The van der Waals surface area contributed by atoms with E-state index in [4.69, 9.17) is 4.42 Å². The lowest BCUT2D eigenvalue weighted by Crippen LogP contribution is -2.41. The topological polar surface area (TPSA) is 146 Å². The van der Waals surface area contributed by atoms with Crippen LogP contribution in [0.3, 0.4) is 0 Å². The molecule has 1 saturated carbocycles. The first-order valence-corrected chi connectivity index (χ1v) is 9.88. The molecular formula is C18H22F3N7O4. The molecule has 14 heteroatoms. The number of nitrogens with one attached hydrogen (secondary N) is 2. The monoisotopic (exact) mass is 457 g/mol. The van der Waals surface area contributed by atoms with Gasteiger partial charge in [-0.3, -0.25) is 25.6 Å². The molecule has 1 fully saturated rings. The molecule has 0 spiro atoms. The highest BCUT2D eigenvalue weighted by molar-refractivity contribution is 5.80. The fraction of sp³-hybridized carbons (Fsp3) is 0.556. The van der Waals surface area contributed by atoms with Crippen LogP contribution in [-0.2, 0) is 15.8 Å². The highest BCUT2D eigenvalue weighted by Gasteiger charge is 2.38. The van der Waals surface area contributed by atoms with Crippen molar-refractivity contribution < 1.29 is 32.4 Å². The first-order chi connectivity index (χ1) is 15.2. The Balaban J connectivity index is 1.73. The summed E-state index contributed by atoms with van der Waals surface area (Å²) < 4.78 is 45.5. The SMILES string of the molecule is Cc1nnc(-c2cnc(NNC(=O)[C@@H](CC3CCCC3)CN(O)C=O)nc2C(F)(F)F)o1. The number of carbonyl (C=O) groups excluding carboxylic acids is 2. The predicted octanol–water partition coefficient (Wildman–Crippen LogP) is 2.34. The zero-order valence-corrected chi connectivity index (χ0v) is 17.1. The molecule has 3 rings (SSSR count). The largest absolute Gasteiger partial charge is 0.434 e. The normalized spacial score (nSPS) is 15.4. The smallest absolute Gasteiger partial charge is 0.421 e. The van der Waals surface area contributed by atoms with Crippen LogP contribution < -0.4 is 10.9 Å². The summed E-state index contributed by atoms with van der Waals surface area (Å²) in [4.78, 5) is 30.5. The van der Waals surface area contributed by atoms with Gasteiger partial charge in [0.2, 0.25) is 24.2 Å². The second-order valence-electron chi connectivity index (χ2n) is 7.50. The summed E-state index contributed by atoms with van der Waals surface area (Å²) in [5.74, 6) is -1.96. The number of rotatable bonds is 9. The molecule has 2 heterocycles. The number of anilines is 1. The lowest BCUT2D eigenvalue weighted by Gasteiger charge is -2.22. The van der Waals surface area contributed by atoms with Crippen molar-refractivity contribution in [1.29, 1.82) is 0 Å². The fourth-order valence-corrected chi connectivity index (χ4v) is 3.62. The highest BCUT2D eigenvalue weighted by atomic mass is 19.4. The molecule has 32 heavy (non-hydrogen) atoms. The first kappa shape index (κ1) is 23.4. The lowest BCUT2D eigenvalue weighted by molar-refractivity contribution is -0.154. The van der Waals surface area contributed by atoms with Crippen molar-refractivity contribution in [3.8, 4) is 11.5 Å². The van der Waals surface area contributed by atoms with Gasteiger partial charge in [0.05, 0.1) is 18.0 Å². The number of carbonyl (C=O) groups is 2. The average Bonchev–Trinajstić information content (AvgIpc) is 3.42. The molecule has 1 atom stereocenters.